The summed E-state index contributed by atoms with van der Waals surface area (Å²) in [5, 5.41) is 21.3. The van der Waals surface area contributed by atoms with Gasteiger partial charge < -0.3 is 28.8 Å². The molecule has 1 unspecified atom stereocenters. The molecule has 4 aromatic rings. The molecule has 0 spiro atoms. The number of fused-ring (bicyclic) bond motifs is 3. The van der Waals surface area contributed by atoms with Crippen molar-refractivity contribution in [3.63, 3.8) is 0 Å². The zero-order valence-corrected chi connectivity index (χ0v) is 19.9. The van der Waals surface area contributed by atoms with Gasteiger partial charge >= 0.3 is 5.97 Å². The predicted octanol–water partition coefficient (Wildman–Crippen LogP) is 5.11. The highest BCUT2D eigenvalue weighted by molar-refractivity contribution is 5.96. The van der Waals surface area contributed by atoms with Crippen LogP contribution in [0.4, 0.5) is 0 Å². The Labute approximate surface area is 206 Å². The molecule has 184 valence electrons. The summed E-state index contributed by atoms with van der Waals surface area (Å²) in [6.07, 6.45) is -0.324. The van der Waals surface area contributed by atoms with E-state index < -0.39 is 28.8 Å². The van der Waals surface area contributed by atoms with Crippen molar-refractivity contribution in [2.45, 2.75) is 32.3 Å². The first kappa shape index (κ1) is 23.3. The third-order valence-electron chi connectivity index (χ3n) is 6.06. The van der Waals surface area contributed by atoms with Gasteiger partial charge in [-0.3, -0.25) is 9.59 Å². The molecule has 0 radical (unpaired) electrons. The zero-order valence-electron chi connectivity index (χ0n) is 19.9. The second-order valence-corrected chi connectivity index (χ2v) is 8.76. The number of para-hydroxylation sites is 1. The van der Waals surface area contributed by atoms with Crippen LogP contribution in [0.15, 0.2) is 63.8 Å². The van der Waals surface area contributed by atoms with E-state index in [9.17, 15) is 19.8 Å². The molecule has 0 saturated heterocycles. The number of phenolic OH excluding ortho intramolecular Hbond substituents is 2. The highest BCUT2D eigenvalue weighted by Gasteiger charge is 2.38. The Balaban J connectivity index is 1.86. The van der Waals surface area contributed by atoms with Gasteiger partial charge in [0.15, 0.2) is 28.4 Å². The fraction of sp³-hybridized carbons (Fsp3) is 0.214. The lowest BCUT2D eigenvalue weighted by molar-refractivity contribution is -0.135. The van der Waals surface area contributed by atoms with Crippen LogP contribution in [0, 0.1) is 0 Å². The van der Waals surface area contributed by atoms with Crippen LogP contribution >= 0.6 is 0 Å². The SMILES string of the molecule is COc1cccc(C2CC(=O)Oc3c(O)c(O)c4c(=O)cc(-c5ccccc5)oc4c32)c1OC(C)C. The van der Waals surface area contributed by atoms with Gasteiger partial charge in [-0.05, 0) is 19.9 Å². The van der Waals surface area contributed by atoms with E-state index in [-0.39, 0.29) is 40.6 Å². The van der Waals surface area contributed by atoms with E-state index in [2.05, 4.69) is 0 Å². The molecule has 0 fully saturated rings. The fourth-order valence-electron chi connectivity index (χ4n) is 4.55. The molecular formula is C28H24O8. The number of carbonyl (C=O) groups excluding carboxylic acids is 1. The highest BCUT2D eigenvalue weighted by atomic mass is 16.5. The maximum atomic E-state index is 13.2. The molecule has 3 aromatic carbocycles. The molecule has 8 nitrogen and oxygen atoms in total. The lowest BCUT2D eigenvalue weighted by atomic mass is 9.84. The molecule has 2 heterocycles. The van der Waals surface area contributed by atoms with Gasteiger partial charge in [0, 0.05) is 23.1 Å². The van der Waals surface area contributed by atoms with Gasteiger partial charge in [-0.1, -0.05) is 42.5 Å². The van der Waals surface area contributed by atoms with Gasteiger partial charge in [-0.15, -0.1) is 0 Å². The first-order chi connectivity index (χ1) is 17.3. The van der Waals surface area contributed by atoms with E-state index in [0.29, 0.717) is 22.6 Å². The van der Waals surface area contributed by atoms with Gasteiger partial charge in [0.1, 0.15) is 16.7 Å². The van der Waals surface area contributed by atoms with Gasteiger partial charge in [0.25, 0.3) is 0 Å². The van der Waals surface area contributed by atoms with Crippen molar-refractivity contribution in [3.05, 3.63) is 75.9 Å². The number of phenols is 2. The average Bonchev–Trinajstić information content (AvgIpc) is 2.86. The minimum Gasteiger partial charge on any atom is -0.504 e. The maximum Gasteiger partial charge on any atom is 0.312 e. The van der Waals surface area contributed by atoms with E-state index in [1.807, 2.05) is 19.9 Å². The van der Waals surface area contributed by atoms with E-state index in [0.717, 1.165) is 0 Å². The molecule has 0 aliphatic carbocycles. The molecule has 1 aliphatic heterocycles. The summed E-state index contributed by atoms with van der Waals surface area (Å²) in [4.78, 5) is 25.8. The molecule has 0 bridgehead atoms. The number of aromatic hydroxyl groups is 2. The summed E-state index contributed by atoms with van der Waals surface area (Å²) in [6, 6.07) is 15.5. The number of esters is 1. The van der Waals surface area contributed by atoms with Crippen LogP contribution in [0.1, 0.15) is 37.3 Å². The molecule has 1 atom stereocenters. The molecule has 2 N–H and O–H groups in total. The topological polar surface area (TPSA) is 115 Å². The summed E-state index contributed by atoms with van der Waals surface area (Å²) in [5.74, 6) is -1.88. The molecule has 8 heteroatoms. The molecule has 0 saturated carbocycles. The van der Waals surface area contributed by atoms with E-state index >= 15 is 0 Å². The Morgan fingerprint density at radius 2 is 1.75 bits per heavy atom. The minimum atomic E-state index is -0.728. The lowest BCUT2D eigenvalue weighted by Crippen LogP contribution is -2.23. The number of methoxy groups -OCH3 is 1. The summed E-state index contributed by atoms with van der Waals surface area (Å²) in [5.41, 5.74) is 0.956. The van der Waals surface area contributed by atoms with Crippen LogP contribution in [0.2, 0.25) is 0 Å². The quantitative estimate of drug-likeness (QED) is 0.226. The summed E-state index contributed by atoms with van der Waals surface area (Å²) < 4.78 is 23.2. The normalized spacial score (nSPS) is 15.0. The Hall–Kier alpha value is -4.46. The monoisotopic (exact) mass is 488 g/mol. The second-order valence-electron chi connectivity index (χ2n) is 8.76. The van der Waals surface area contributed by atoms with Crippen LogP contribution < -0.4 is 19.6 Å². The largest absolute Gasteiger partial charge is 0.504 e. The van der Waals surface area contributed by atoms with Crippen molar-refractivity contribution in [2.75, 3.05) is 7.11 Å². The number of benzene rings is 3. The predicted molar refractivity (Wildman–Crippen MR) is 132 cm³/mol. The smallest absolute Gasteiger partial charge is 0.312 e. The summed E-state index contributed by atoms with van der Waals surface area (Å²) in [6.45, 7) is 3.73. The van der Waals surface area contributed by atoms with Crippen LogP contribution in [0.25, 0.3) is 22.3 Å². The van der Waals surface area contributed by atoms with Gasteiger partial charge in [-0.25, -0.2) is 0 Å². The number of hydrogen-bond donors (Lipinski definition) is 2. The Bertz CT molecular complexity index is 1540. The standard InChI is InChI=1S/C28H24O8/c1-14(2)34-26-16(10-7-11-19(26)33-3)17-12-21(30)36-28-22(17)27-23(24(31)25(28)32)18(29)13-20(35-27)15-8-5-4-6-9-15/h4-11,13-14,17,31-32H,12H2,1-3H3. The first-order valence-corrected chi connectivity index (χ1v) is 11.5. The molecular weight excluding hydrogens is 464 g/mol. The number of ether oxygens (including phenoxy) is 3. The second kappa shape index (κ2) is 8.96. The van der Waals surface area contributed by atoms with Crippen molar-refractivity contribution in [2.24, 2.45) is 0 Å². The Kier molecular flexibility index (Phi) is 5.80. The van der Waals surface area contributed by atoms with Gasteiger partial charge in [0.05, 0.1) is 25.2 Å². The average molecular weight is 488 g/mol. The third kappa shape index (κ3) is 3.80. The van der Waals surface area contributed by atoms with Crippen molar-refractivity contribution in [3.8, 4) is 40.1 Å². The van der Waals surface area contributed by atoms with E-state index in [1.54, 1.807) is 42.5 Å². The van der Waals surface area contributed by atoms with E-state index in [4.69, 9.17) is 18.6 Å². The molecule has 1 aliphatic rings. The highest BCUT2D eigenvalue weighted by Crippen LogP contribution is 2.54. The van der Waals surface area contributed by atoms with Crippen molar-refractivity contribution in [1.29, 1.82) is 0 Å². The van der Waals surface area contributed by atoms with Crippen molar-refractivity contribution in [1.82, 2.24) is 0 Å². The Morgan fingerprint density at radius 3 is 2.44 bits per heavy atom. The van der Waals surface area contributed by atoms with Crippen LogP contribution in [0.5, 0.6) is 28.7 Å². The van der Waals surface area contributed by atoms with Gasteiger partial charge in [0.2, 0.25) is 5.75 Å². The van der Waals surface area contributed by atoms with Crippen LogP contribution in [-0.4, -0.2) is 29.4 Å². The number of hydrogen-bond acceptors (Lipinski definition) is 8. The van der Waals surface area contributed by atoms with Gasteiger partial charge in [-0.2, -0.15) is 0 Å². The van der Waals surface area contributed by atoms with Crippen LogP contribution in [-0.2, 0) is 4.79 Å². The minimum absolute atomic E-state index is 0.0162. The number of rotatable bonds is 5. The lowest BCUT2D eigenvalue weighted by Gasteiger charge is -2.28. The van der Waals surface area contributed by atoms with Crippen molar-refractivity contribution >= 4 is 16.9 Å². The molecule has 36 heavy (non-hydrogen) atoms. The molecule has 0 amide bonds. The third-order valence-corrected chi connectivity index (χ3v) is 6.06. The Morgan fingerprint density at radius 1 is 1.00 bits per heavy atom. The molecule has 1 aromatic heterocycles. The van der Waals surface area contributed by atoms with E-state index in [1.165, 1.54) is 13.2 Å². The number of carbonyl (C=O) groups is 1. The fourth-order valence-corrected chi connectivity index (χ4v) is 4.55. The molecule has 5 rings (SSSR count). The first-order valence-electron chi connectivity index (χ1n) is 11.5. The summed E-state index contributed by atoms with van der Waals surface area (Å²) >= 11 is 0. The van der Waals surface area contributed by atoms with Crippen molar-refractivity contribution < 1.29 is 33.6 Å². The summed E-state index contributed by atoms with van der Waals surface area (Å²) in [7, 11) is 1.51. The zero-order chi connectivity index (χ0) is 25.6. The maximum absolute atomic E-state index is 13.2. The van der Waals surface area contributed by atoms with Crippen LogP contribution in [0.3, 0.4) is 0 Å².